The minimum atomic E-state index is -0.669. The van der Waals surface area contributed by atoms with Crippen LogP contribution >= 0.6 is 0 Å². The molecule has 0 aliphatic rings. The van der Waals surface area contributed by atoms with Crippen LogP contribution in [0, 0.1) is 0 Å². The Morgan fingerprint density at radius 1 is 1.15 bits per heavy atom. The van der Waals surface area contributed by atoms with Gasteiger partial charge in [-0.25, -0.2) is 4.79 Å². The van der Waals surface area contributed by atoms with Crippen molar-refractivity contribution in [2.75, 3.05) is 5.73 Å². The molecule has 0 atom stereocenters. The van der Waals surface area contributed by atoms with Gasteiger partial charge in [-0.15, -0.1) is 0 Å². The van der Waals surface area contributed by atoms with Crippen molar-refractivity contribution in [1.82, 2.24) is 5.32 Å². The second-order valence-corrected chi connectivity index (χ2v) is 4.13. The summed E-state index contributed by atoms with van der Waals surface area (Å²) in [5.74, 6) is 0.346. The molecule has 20 heavy (non-hydrogen) atoms. The number of rotatable bonds is 3. The summed E-state index contributed by atoms with van der Waals surface area (Å²) in [5, 5.41) is 21.3. The molecule has 0 unspecified atom stereocenters. The summed E-state index contributed by atoms with van der Waals surface area (Å²) in [5.41, 5.74) is 6.48. The maximum Gasteiger partial charge on any atom is 0.412 e. The van der Waals surface area contributed by atoms with Gasteiger partial charge in [0.2, 0.25) is 0 Å². The Bertz CT molecular complexity index is 611. The van der Waals surface area contributed by atoms with E-state index in [0.717, 1.165) is 0 Å². The third kappa shape index (κ3) is 3.55. The lowest BCUT2D eigenvalue weighted by Gasteiger charge is -2.08. The molecule has 0 spiro atoms. The smallest absolute Gasteiger partial charge is 0.412 e. The molecule has 0 heterocycles. The van der Waals surface area contributed by atoms with Crippen LogP contribution in [0.15, 0.2) is 42.5 Å². The summed E-state index contributed by atoms with van der Waals surface area (Å²) in [6, 6.07) is 10.4. The zero-order chi connectivity index (χ0) is 14.5. The van der Waals surface area contributed by atoms with Crippen molar-refractivity contribution in [2.45, 2.75) is 6.54 Å². The second kappa shape index (κ2) is 5.83. The lowest BCUT2D eigenvalue weighted by atomic mass is 10.2. The molecule has 5 N–H and O–H groups in total. The van der Waals surface area contributed by atoms with Crippen molar-refractivity contribution >= 4 is 11.8 Å². The van der Waals surface area contributed by atoms with E-state index in [1.807, 2.05) is 0 Å². The van der Waals surface area contributed by atoms with Gasteiger partial charge in [-0.3, -0.25) is 0 Å². The van der Waals surface area contributed by atoms with Gasteiger partial charge in [0, 0.05) is 17.8 Å². The highest BCUT2D eigenvalue weighted by molar-refractivity contribution is 5.70. The SMILES string of the molecule is Nc1ccc(OC(=O)NCc2cc(O)ccc2O)cc1. The number of carbonyl (C=O) groups is 1. The van der Waals surface area contributed by atoms with Gasteiger partial charge in [-0.2, -0.15) is 0 Å². The fourth-order valence-corrected chi connectivity index (χ4v) is 1.56. The minimum Gasteiger partial charge on any atom is -0.508 e. The standard InChI is InChI=1S/C14H14N2O4/c15-10-1-4-12(5-2-10)20-14(19)16-8-9-7-11(17)3-6-13(9)18/h1-7,17-18H,8,15H2,(H,16,19). The second-order valence-electron chi connectivity index (χ2n) is 4.13. The van der Waals surface area contributed by atoms with Gasteiger partial charge in [-0.1, -0.05) is 0 Å². The molecule has 104 valence electrons. The van der Waals surface area contributed by atoms with Gasteiger partial charge < -0.3 is 26.0 Å². The normalized spacial score (nSPS) is 10.0. The third-order valence-corrected chi connectivity index (χ3v) is 2.58. The van der Waals surface area contributed by atoms with E-state index in [-0.39, 0.29) is 18.0 Å². The van der Waals surface area contributed by atoms with Crippen LogP contribution in [-0.4, -0.2) is 16.3 Å². The zero-order valence-corrected chi connectivity index (χ0v) is 10.5. The summed E-state index contributed by atoms with van der Waals surface area (Å²) >= 11 is 0. The van der Waals surface area contributed by atoms with Crippen molar-refractivity contribution in [1.29, 1.82) is 0 Å². The van der Waals surface area contributed by atoms with Crippen LogP contribution in [0.3, 0.4) is 0 Å². The van der Waals surface area contributed by atoms with Crippen LogP contribution < -0.4 is 15.8 Å². The Labute approximate surface area is 115 Å². The van der Waals surface area contributed by atoms with Crippen LogP contribution in [-0.2, 0) is 6.54 Å². The fourth-order valence-electron chi connectivity index (χ4n) is 1.56. The predicted octanol–water partition coefficient (Wildman–Crippen LogP) is 1.97. The first-order chi connectivity index (χ1) is 9.54. The van der Waals surface area contributed by atoms with Crippen molar-refractivity contribution in [3.8, 4) is 17.2 Å². The lowest BCUT2D eigenvalue weighted by molar-refractivity contribution is 0.200. The van der Waals surface area contributed by atoms with Crippen LogP contribution in [0.25, 0.3) is 0 Å². The molecule has 0 bridgehead atoms. The maximum atomic E-state index is 11.6. The topological polar surface area (TPSA) is 105 Å². The van der Waals surface area contributed by atoms with E-state index in [1.165, 1.54) is 18.2 Å². The van der Waals surface area contributed by atoms with Crippen molar-refractivity contribution in [2.24, 2.45) is 0 Å². The highest BCUT2D eigenvalue weighted by atomic mass is 16.6. The summed E-state index contributed by atoms with van der Waals surface area (Å²) in [4.78, 5) is 11.6. The van der Waals surface area contributed by atoms with Crippen molar-refractivity contribution in [3.63, 3.8) is 0 Å². The molecule has 0 saturated carbocycles. The molecule has 0 aliphatic heterocycles. The van der Waals surface area contributed by atoms with Gasteiger partial charge in [0.05, 0.1) is 0 Å². The molecule has 0 aromatic heterocycles. The first-order valence-electron chi connectivity index (χ1n) is 5.86. The van der Waals surface area contributed by atoms with Gasteiger partial charge in [0.15, 0.2) is 0 Å². The average molecular weight is 274 g/mol. The van der Waals surface area contributed by atoms with Crippen LogP contribution in [0.2, 0.25) is 0 Å². The van der Waals surface area contributed by atoms with Gasteiger partial charge in [-0.05, 0) is 42.5 Å². The number of phenolic OH excluding ortho intramolecular Hbond substituents is 2. The number of amides is 1. The largest absolute Gasteiger partial charge is 0.508 e. The monoisotopic (exact) mass is 274 g/mol. The first kappa shape index (κ1) is 13.5. The summed E-state index contributed by atoms with van der Waals surface area (Å²) in [6.07, 6.45) is -0.669. The maximum absolute atomic E-state index is 11.6. The number of ether oxygens (including phenoxy) is 1. The Hall–Kier alpha value is -2.89. The predicted molar refractivity (Wildman–Crippen MR) is 73.5 cm³/mol. The summed E-state index contributed by atoms with van der Waals surface area (Å²) < 4.78 is 5.01. The number of nitrogen functional groups attached to an aromatic ring is 1. The summed E-state index contributed by atoms with van der Waals surface area (Å²) in [7, 11) is 0. The Kier molecular flexibility index (Phi) is 3.95. The van der Waals surface area contributed by atoms with E-state index in [0.29, 0.717) is 17.0 Å². The van der Waals surface area contributed by atoms with Crippen LogP contribution in [0.4, 0.5) is 10.5 Å². The molecule has 2 rings (SSSR count). The molecular formula is C14H14N2O4. The Morgan fingerprint density at radius 3 is 2.55 bits per heavy atom. The van der Waals surface area contributed by atoms with Crippen LogP contribution in [0.5, 0.6) is 17.2 Å². The number of hydrogen-bond acceptors (Lipinski definition) is 5. The molecule has 6 heteroatoms. The number of nitrogens with one attached hydrogen (secondary N) is 1. The zero-order valence-electron chi connectivity index (χ0n) is 10.5. The lowest BCUT2D eigenvalue weighted by Crippen LogP contribution is -2.26. The first-order valence-corrected chi connectivity index (χ1v) is 5.86. The number of carbonyl (C=O) groups excluding carboxylic acids is 1. The molecule has 1 amide bonds. The number of nitrogens with two attached hydrogens (primary N) is 1. The van der Waals surface area contributed by atoms with Gasteiger partial charge >= 0.3 is 6.09 Å². The number of benzene rings is 2. The fraction of sp³-hybridized carbons (Fsp3) is 0.0714. The van der Waals surface area contributed by atoms with E-state index < -0.39 is 6.09 Å². The van der Waals surface area contributed by atoms with Gasteiger partial charge in [0.1, 0.15) is 17.2 Å². The summed E-state index contributed by atoms with van der Waals surface area (Å²) in [6.45, 7) is 0.0358. The number of hydrogen-bond donors (Lipinski definition) is 4. The quantitative estimate of drug-likeness (QED) is 0.506. The van der Waals surface area contributed by atoms with Crippen LogP contribution in [0.1, 0.15) is 5.56 Å². The Balaban J connectivity index is 1.92. The molecule has 0 aliphatic carbocycles. The third-order valence-electron chi connectivity index (χ3n) is 2.58. The van der Waals surface area contributed by atoms with Crippen molar-refractivity contribution < 1.29 is 19.7 Å². The van der Waals surface area contributed by atoms with E-state index in [9.17, 15) is 15.0 Å². The van der Waals surface area contributed by atoms with E-state index in [4.69, 9.17) is 10.5 Å². The van der Waals surface area contributed by atoms with E-state index in [2.05, 4.69) is 5.32 Å². The highest BCUT2D eigenvalue weighted by Crippen LogP contribution is 2.21. The molecule has 0 fully saturated rings. The number of phenols is 2. The molecule has 6 nitrogen and oxygen atoms in total. The number of aromatic hydroxyl groups is 2. The number of anilines is 1. The minimum absolute atomic E-state index is 0.00602. The Morgan fingerprint density at radius 2 is 1.85 bits per heavy atom. The molecule has 0 radical (unpaired) electrons. The highest BCUT2D eigenvalue weighted by Gasteiger charge is 2.07. The molecular weight excluding hydrogens is 260 g/mol. The molecule has 2 aromatic carbocycles. The van der Waals surface area contributed by atoms with Crippen molar-refractivity contribution in [3.05, 3.63) is 48.0 Å². The average Bonchev–Trinajstić information content (AvgIpc) is 2.42. The molecule has 0 saturated heterocycles. The van der Waals surface area contributed by atoms with Gasteiger partial charge in [0.25, 0.3) is 0 Å². The van der Waals surface area contributed by atoms with E-state index in [1.54, 1.807) is 24.3 Å². The van der Waals surface area contributed by atoms with E-state index >= 15 is 0 Å². The molecule has 2 aromatic rings.